The van der Waals surface area contributed by atoms with E-state index >= 15 is 0 Å². The Bertz CT molecular complexity index is 853. The molecule has 2 aromatic heterocycles. The lowest BCUT2D eigenvalue weighted by Crippen LogP contribution is -2.48. The zero-order valence-corrected chi connectivity index (χ0v) is 16.7. The molecule has 0 atom stereocenters. The van der Waals surface area contributed by atoms with Gasteiger partial charge in [0, 0.05) is 26.2 Å². The minimum absolute atomic E-state index is 0.340. The number of thiophene rings is 1. The van der Waals surface area contributed by atoms with Gasteiger partial charge in [-0.15, -0.1) is 11.3 Å². The van der Waals surface area contributed by atoms with Crippen LogP contribution < -0.4 is 0 Å². The van der Waals surface area contributed by atoms with E-state index in [1.54, 1.807) is 18.2 Å². The number of halogens is 1. The molecule has 1 aliphatic heterocycles. The smallest absolute Gasteiger partial charge is 0.341 e. The number of sulfonamides is 1. The summed E-state index contributed by atoms with van der Waals surface area (Å²) in [6, 6.07) is 4.93. The molecule has 1 aliphatic rings. The number of rotatable bonds is 5. The Kier molecular flexibility index (Phi) is 5.64. The lowest BCUT2D eigenvalue weighted by atomic mass is 10.2. The summed E-state index contributed by atoms with van der Waals surface area (Å²) in [5.74, 6) is 0.0959. The summed E-state index contributed by atoms with van der Waals surface area (Å²) < 4.78 is 38.0. The Morgan fingerprint density at radius 1 is 1.28 bits per heavy atom. The summed E-state index contributed by atoms with van der Waals surface area (Å²) in [6.07, 6.45) is 1.46. The first-order valence-electron chi connectivity index (χ1n) is 7.54. The van der Waals surface area contributed by atoms with E-state index in [1.165, 1.54) is 29.0 Å². The van der Waals surface area contributed by atoms with Gasteiger partial charge in [-0.05, 0) is 34.1 Å². The molecule has 2 aromatic rings. The minimum atomic E-state index is -3.45. The van der Waals surface area contributed by atoms with Gasteiger partial charge in [-0.1, -0.05) is 0 Å². The van der Waals surface area contributed by atoms with Gasteiger partial charge in [-0.2, -0.15) is 4.31 Å². The first kappa shape index (κ1) is 18.6. The highest BCUT2D eigenvalue weighted by molar-refractivity contribution is 9.11. The predicted molar refractivity (Wildman–Crippen MR) is 96.1 cm³/mol. The highest BCUT2D eigenvalue weighted by Gasteiger charge is 2.30. The zero-order valence-electron chi connectivity index (χ0n) is 13.5. The van der Waals surface area contributed by atoms with Crippen molar-refractivity contribution in [3.05, 3.63) is 39.6 Å². The highest BCUT2D eigenvalue weighted by Crippen LogP contribution is 2.29. The SMILES string of the molecule is COC(=O)c1ccoc1CN1CCN(S(=O)(=O)c2ccc(Br)s2)CC1. The average Bonchev–Trinajstić information content (AvgIpc) is 3.24. The fourth-order valence-corrected chi connectivity index (χ4v) is 6.24. The quantitative estimate of drug-likeness (QED) is 0.653. The van der Waals surface area contributed by atoms with Crippen LogP contribution in [0.2, 0.25) is 0 Å². The standard InChI is InChI=1S/C15H17BrN2O5S2/c1-22-15(19)11-4-9-23-12(11)10-17-5-7-18(8-6-17)25(20,21)14-3-2-13(16)24-14/h2-4,9H,5-8,10H2,1H3. The van der Waals surface area contributed by atoms with Crippen LogP contribution in [0.3, 0.4) is 0 Å². The van der Waals surface area contributed by atoms with Crippen LogP contribution in [0, 0.1) is 0 Å². The number of nitrogens with zero attached hydrogens (tertiary/aromatic N) is 2. The van der Waals surface area contributed by atoms with Gasteiger partial charge in [0.05, 0.1) is 23.7 Å². The highest BCUT2D eigenvalue weighted by atomic mass is 79.9. The predicted octanol–water partition coefficient (Wildman–Crippen LogP) is 2.40. The van der Waals surface area contributed by atoms with Crippen molar-refractivity contribution in [2.45, 2.75) is 10.8 Å². The van der Waals surface area contributed by atoms with E-state index in [2.05, 4.69) is 20.8 Å². The summed E-state index contributed by atoms with van der Waals surface area (Å²) >= 11 is 4.50. The summed E-state index contributed by atoms with van der Waals surface area (Å²) in [6.45, 7) is 2.36. The second kappa shape index (κ2) is 7.58. The molecule has 0 aliphatic carbocycles. The van der Waals surface area contributed by atoms with E-state index in [0.29, 0.717) is 48.3 Å². The number of carbonyl (C=O) groups excluding carboxylic acids is 1. The van der Waals surface area contributed by atoms with Crippen molar-refractivity contribution in [2.75, 3.05) is 33.3 Å². The molecule has 0 amide bonds. The van der Waals surface area contributed by atoms with Crippen molar-refractivity contribution in [2.24, 2.45) is 0 Å². The third kappa shape index (κ3) is 3.98. The molecule has 0 spiro atoms. The maximum Gasteiger partial charge on any atom is 0.341 e. The third-order valence-corrected chi connectivity index (χ3v) is 7.98. The summed E-state index contributed by atoms with van der Waals surface area (Å²) in [7, 11) is -2.13. The molecule has 10 heteroatoms. The van der Waals surface area contributed by atoms with E-state index in [1.807, 2.05) is 0 Å². The molecule has 1 saturated heterocycles. The van der Waals surface area contributed by atoms with E-state index in [-0.39, 0.29) is 0 Å². The molecule has 0 N–H and O–H groups in total. The van der Waals surface area contributed by atoms with Crippen LogP contribution in [0.25, 0.3) is 0 Å². The topological polar surface area (TPSA) is 80.1 Å². The first-order valence-corrected chi connectivity index (χ1v) is 10.6. The molecule has 0 aromatic carbocycles. The number of hydrogen-bond donors (Lipinski definition) is 0. The summed E-state index contributed by atoms with van der Waals surface area (Å²) in [5, 5.41) is 0. The van der Waals surface area contributed by atoms with Crippen LogP contribution >= 0.6 is 27.3 Å². The lowest BCUT2D eigenvalue weighted by Gasteiger charge is -2.33. The molecule has 7 nitrogen and oxygen atoms in total. The number of methoxy groups -OCH3 is 1. The molecule has 25 heavy (non-hydrogen) atoms. The molecule has 0 unspecified atom stereocenters. The van der Waals surface area contributed by atoms with Gasteiger partial charge in [-0.25, -0.2) is 13.2 Å². The molecule has 0 radical (unpaired) electrons. The van der Waals surface area contributed by atoms with Crippen molar-refractivity contribution < 1.29 is 22.4 Å². The van der Waals surface area contributed by atoms with Gasteiger partial charge in [0.15, 0.2) is 0 Å². The van der Waals surface area contributed by atoms with Crippen LogP contribution in [0.15, 0.2) is 36.9 Å². The van der Waals surface area contributed by atoms with Crippen LogP contribution in [0.1, 0.15) is 16.1 Å². The van der Waals surface area contributed by atoms with Crippen molar-refractivity contribution in [3.63, 3.8) is 0 Å². The second-order valence-corrected chi connectivity index (χ2v) is 10.1. The second-order valence-electron chi connectivity index (χ2n) is 5.49. The average molecular weight is 449 g/mol. The number of piperazine rings is 1. The molecule has 1 fully saturated rings. The summed E-state index contributed by atoms with van der Waals surface area (Å²) in [5.41, 5.74) is 0.404. The molecule has 0 saturated carbocycles. The monoisotopic (exact) mass is 448 g/mol. The van der Waals surface area contributed by atoms with Gasteiger partial charge < -0.3 is 9.15 Å². The van der Waals surface area contributed by atoms with Gasteiger partial charge in [0.25, 0.3) is 10.0 Å². The van der Waals surface area contributed by atoms with Crippen LogP contribution in [-0.2, 0) is 21.3 Å². The van der Waals surface area contributed by atoms with Gasteiger partial charge in [0.2, 0.25) is 0 Å². The Morgan fingerprint density at radius 2 is 2.00 bits per heavy atom. The van der Waals surface area contributed by atoms with Crippen molar-refractivity contribution in [1.29, 1.82) is 0 Å². The number of ether oxygens (including phenoxy) is 1. The largest absolute Gasteiger partial charge is 0.467 e. The Balaban J connectivity index is 1.63. The molecule has 3 rings (SSSR count). The van der Waals surface area contributed by atoms with E-state index in [4.69, 9.17) is 9.15 Å². The molecule has 136 valence electrons. The fourth-order valence-electron chi connectivity index (χ4n) is 2.65. The zero-order chi connectivity index (χ0) is 18.0. The Labute approximate surface area is 158 Å². The fraction of sp³-hybridized carbons (Fsp3) is 0.400. The van der Waals surface area contributed by atoms with Crippen LogP contribution in [-0.4, -0.2) is 56.9 Å². The molecular formula is C15H17BrN2O5S2. The lowest BCUT2D eigenvalue weighted by molar-refractivity contribution is 0.0595. The number of esters is 1. The van der Waals surface area contributed by atoms with Gasteiger partial charge in [-0.3, -0.25) is 4.90 Å². The Hall–Kier alpha value is -1.20. The number of carbonyl (C=O) groups is 1. The molecule has 0 bridgehead atoms. The summed E-state index contributed by atoms with van der Waals surface area (Å²) in [4.78, 5) is 13.7. The van der Waals surface area contributed by atoms with Crippen molar-refractivity contribution in [3.8, 4) is 0 Å². The van der Waals surface area contributed by atoms with Crippen molar-refractivity contribution in [1.82, 2.24) is 9.21 Å². The maximum atomic E-state index is 12.6. The maximum absolute atomic E-state index is 12.6. The van der Waals surface area contributed by atoms with E-state index < -0.39 is 16.0 Å². The third-order valence-electron chi connectivity index (χ3n) is 3.99. The first-order chi connectivity index (χ1) is 11.9. The minimum Gasteiger partial charge on any atom is -0.467 e. The molecule has 3 heterocycles. The number of hydrogen-bond acceptors (Lipinski definition) is 7. The van der Waals surface area contributed by atoms with E-state index in [9.17, 15) is 13.2 Å². The van der Waals surface area contributed by atoms with Gasteiger partial charge in [0.1, 0.15) is 15.5 Å². The van der Waals surface area contributed by atoms with E-state index in [0.717, 1.165) is 3.79 Å². The van der Waals surface area contributed by atoms with Gasteiger partial charge >= 0.3 is 5.97 Å². The molecular weight excluding hydrogens is 432 g/mol. The number of furan rings is 1. The van der Waals surface area contributed by atoms with Crippen LogP contribution in [0.4, 0.5) is 0 Å². The Morgan fingerprint density at radius 3 is 2.60 bits per heavy atom. The normalized spacial score (nSPS) is 16.9. The van der Waals surface area contributed by atoms with Crippen LogP contribution in [0.5, 0.6) is 0 Å². The van der Waals surface area contributed by atoms with Crippen molar-refractivity contribution >= 4 is 43.3 Å².